The lowest BCUT2D eigenvalue weighted by Gasteiger charge is -2.37. The first-order chi connectivity index (χ1) is 12.7. The van der Waals surface area contributed by atoms with Crippen molar-refractivity contribution in [1.29, 1.82) is 0 Å². The fourth-order valence-electron chi connectivity index (χ4n) is 3.27. The third kappa shape index (κ3) is 3.94. The van der Waals surface area contributed by atoms with Gasteiger partial charge in [-0.15, -0.1) is 0 Å². The zero-order valence-electron chi connectivity index (χ0n) is 15.2. The fourth-order valence-corrected chi connectivity index (χ4v) is 4.71. The first kappa shape index (κ1) is 18.9. The van der Waals surface area contributed by atoms with E-state index in [2.05, 4.69) is 36.2 Å². The summed E-state index contributed by atoms with van der Waals surface area (Å²) in [6, 6.07) is 17.2. The molecular formula is C21H26FN3S. The number of rotatable bonds is 8. The summed E-state index contributed by atoms with van der Waals surface area (Å²) in [6.45, 7) is 3.71. The van der Waals surface area contributed by atoms with Gasteiger partial charge >= 0.3 is 0 Å². The van der Waals surface area contributed by atoms with Crippen molar-refractivity contribution in [2.45, 2.75) is 37.5 Å². The van der Waals surface area contributed by atoms with Gasteiger partial charge in [0.15, 0.2) is 0 Å². The van der Waals surface area contributed by atoms with Crippen LogP contribution in [0.3, 0.4) is 0 Å². The highest BCUT2D eigenvalue weighted by Gasteiger charge is 2.44. The molecule has 0 bridgehead atoms. The predicted octanol–water partition coefficient (Wildman–Crippen LogP) is 4.93. The van der Waals surface area contributed by atoms with Crippen LogP contribution in [0.25, 0.3) is 0 Å². The van der Waals surface area contributed by atoms with E-state index >= 15 is 0 Å². The molecule has 0 aliphatic carbocycles. The summed E-state index contributed by atoms with van der Waals surface area (Å²) in [5.41, 5.74) is 7.90. The lowest BCUT2D eigenvalue weighted by atomic mass is 10.00. The quantitative estimate of drug-likeness (QED) is 0.715. The summed E-state index contributed by atoms with van der Waals surface area (Å²) in [6.07, 6.45) is 3.99. The van der Waals surface area contributed by atoms with Crippen molar-refractivity contribution in [2.24, 2.45) is 10.8 Å². The van der Waals surface area contributed by atoms with Gasteiger partial charge in [0.2, 0.25) is 0 Å². The normalized spacial score (nSPS) is 19.7. The van der Waals surface area contributed by atoms with Gasteiger partial charge in [-0.3, -0.25) is 5.01 Å². The highest BCUT2D eigenvalue weighted by molar-refractivity contribution is 8.15. The SMILES string of the molecule is CCCCN1N=C(c2cccc(F)c2)SC1(CCCN)c1ccccc1. The van der Waals surface area contributed by atoms with Crippen LogP contribution >= 0.6 is 11.8 Å². The Labute approximate surface area is 159 Å². The molecule has 3 nitrogen and oxygen atoms in total. The van der Waals surface area contributed by atoms with E-state index in [0.29, 0.717) is 6.54 Å². The van der Waals surface area contributed by atoms with Crippen LogP contribution in [0.5, 0.6) is 0 Å². The summed E-state index contributed by atoms with van der Waals surface area (Å²) in [5.74, 6) is -0.231. The van der Waals surface area contributed by atoms with Crippen molar-refractivity contribution in [3.05, 3.63) is 71.5 Å². The first-order valence-electron chi connectivity index (χ1n) is 9.26. The Kier molecular flexibility index (Phi) is 6.33. The Balaban J connectivity index is 2.01. The number of hydrazone groups is 1. The molecule has 5 heteroatoms. The number of thioether (sulfide) groups is 1. The number of hydrogen-bond acceptors (Lipinski definition) is 4. The second kappa shape index (κ2) is 8.69. The number of benzene rings is 2. The van der Waals surface area contributed by atoms with Crippen LogP contribution < -0.4 is 5.73 Å². The molecule has 2 aromatic carbocycles. The maximum Gasteiger partial charge on any atom is 0.134 e. The molecule has 26 heavy (non-hydrogen) atoms. The van der Waals surface area contributed by atoms with Gasteiger partial charge in [0.25, 0.3) is 0 Å². The molecule has 0 aromatic heterocycles. The van der Waals surface area contributed by atoms with Crippen molar-refractivity contribution in [3.63, 3.8) is 0 Å². The van der Waals surface area contributed by atoms with Crippen LogP contribution in [0.15, 0.2) is 59.7 Å². The smallest absolute Gasteiger partial charge is 0.134 e. The highest BCUT2D eigenvalue weighted by atomic mass is 32.2. The molecule has 138 valence electrons. The molecule has 0 radical (unpaired) electrons. The maximum absolute atomic E-state index is 13.7. The minimum Gasteiger partial charge on any atom is -0.330 e. The molecule has 1 unspecified atom stereocenters. The van der Waals surface area contributed by atoms with Crippen LogP contribution in [0, 0.1) is 5.82 Å². The van der Waals surface area contributed by atoms with Crippen LogP contribution in [0.2, 0.25) is 0 Å². The summed E-state index contributed by atoms with van der Waals surface area (Å²) in [7, 11) is 0. The monoisotopic (exact) mass is 371 g/mol. The van der Waals surface area contributed by atoms with Gasteiger partial charge in [0.1, 0.15) is 15.7 Å². The Morgan fingerprint density at radius 1 is 1.12 bits per heavy atom. The molecule has 1 aliphatic heterocycles. The second-order valence-electron chi connectivity index (χ2n) is 6.54. The van der Waals surface area contributed by atoms with Crippen molar-refractivity contribution < 1.29 is 4.39 Å². The molecule has 0 saturated carbocycles. The number of halogens is 1. The molecule has 1 atom stereocenters. The lowest BCUT2D eigenvalue weighted by Crippen LogP contribution is -2.38. The van der Waals surface area contributed by atoms with Crippen LogP contribution in [-0.4, -0.2) is 23.1 Å². The third-order valence-corrected chi connectivity index (χ3v) is 6.13. The van der Waals surface area contributed by atoms with E-state index in [1.807, 2.05) is 12.1 Å². The second-order valence-corrected chi connectivity index (χ2v) is 7.80. The summed E-state index contributed by atoms with van der Waals surface area (Å²) in [4.78, 5) is -0.280. The molecule has 0 amide bonds. The van der Waals surface area contributed by atoms with Crippen molar-refractivity contribution in [1.82, 2.24) is 5.01 Å². The number of nitrogens with two attached hydrogens (primary N) is 1. The molecule has 0 fully saturated rings. The minimum absolute atomic E-state index is 0.231. The van der Waals surface area contributed by atoms with E-state index in [4.69, 9.17) is 10.8 Å². The molecule has 0 saturated heterocycles. The van der Waals surface area contributed by atoms with Gasteiger partial charge in [0.05, 0.1) is 0 Å². The van der Waals surface area contributed by atoms with Crippen molar-refractivity contribution in [2.75, 3.05) is 13.1 Å². The van der Waals surface area contributed by atoms with Gasteiger partial charge in [-0.25, -0.2) is 4.39 Å². The number of unbranched alkanes of at least 4 members (excludes halogenated alkanes) is 1. The van der Waals surface area contributed by atoms with Crippen LogP contribution in [-0.2, 0) is 4.87 Å². The van der Waals surface area contributed by atoms with E-state index in [1.165, 1.54) is 11.6 Å². The number of nitrogens with zero attached hydrogens (tertiary/aromatic N) is 2. The average Bonchev–Trinajstić information content (AvgIpc) is 3.05. The highest BCUT2D eigenvalue weighted by Crippen LogP contribution is 2.50. The Bertz CT molecular complexity index is 750. The molecule has 1 heterocycles. The van der Waals surface area contributed by atoms with Crippen LogP contribution in [0.1, 0.15) is 43.7 Å². The average molecular weight is 372 g/mol. The number of hydrogen-bond donors (Lipinski definition) is 1. The van der Waals surface area contributed by atoms with E-state index in [1.54, 1.807) is 23.9 Å². The van der Waals surface area contributed by atoms with Crippen molar-refractivity contribution in [3.8, 4) is 0 Å². The minimum atomic E-state index is -0.280. The zero-order chi connectivity index (χ0) is 18.4. The molecule has 1 aliphatic rings. The topological polar surface area (TPSA) is 41.6 Å². The van der Waals surface area contributed by atoms with E-state index in [0.717, 1.165) is 42.8 Å². The molecule has 3 rings (SSSR count). The van der Waals surface area contributed by atoms with Gasteiger partial charge in [-0.05, 0) is 43.5 Å². The van der Waals surface area contributed by atoms with Crippen molar-refractivity contribution >= 4 is 16.8 Å². The third-order valence-electron chi connectivity index (χ3n) is 4.63. The standard InChI is InChI=1S/C21H26FN3S/c1-2-3-15-25-21(13-8-14-23,18-10-5-4-6-11-18)26-20(24-25)17-9-7-12-19(22)16-17/h4-7,9-12,16H,2-3,8,13-15,23H2,1H3. The fraction of sp³-hybridized carbons (Fsp3) is 0.381. The molecule has 2 N–H and O–H groups in total. The Morgan fingerprint density at radius 2 is 1.92 bits per heavy atom. The summed E-state index contributed by atoms with van der Waals surface area (Å²) in [5, 5.41) is 8.00. The first-order valence-corrected chi connectivity index (χ1v) is 10.1. The summed E-state index contributed by atoms with van der Waals surface area (Å²) < 4.78 is 13.7. The van der Waals surface area contributed by atoms with Crippen LogP contribution in [0.4, 0.5) is 4.39 Å². The maximum atomic E-state index is 13.7. The van der Waals surface area contributed by atoms with E-state index in [9.17, 15) is 4.39 Å². The Morgan fingerprint density at radius 3 is 2.62 bits per heavy atom. The zero-order valence-corrected chi connectivity index (χ0v) is 16.0. The van der Waals surface area contributed by atoms with E-state index < -0.39 is 0 Å². The van der Waals surface area contributed by atoms with Gasteiger partial charge in [-0.1, -0.05) is 67.6 Å². The molecule has 0 spiro atoms. The summed E-state index contributed by atoms with van der Waals surface area (Å²) >= 11 is 1.73. The predicted molar refractivity (Wildman–Crippen MR) is 109 cm³/mol. The van der Waals surface area contributed by atoms with Gasteiger partial charge < -0.3 is 5.73 Å². The lowest BCUT2D eigenvalue weighted by molar-refractivity contribution is 0.167. The van der Waals surface area contributed by atoms with E-state index in [-0.39, 0.29) is 10.7 Å². The Hall–Kier alpha value is -1.85. The van der Waals surface area contributed by atoms with Gasteiger partial charge in [0, 0.05) is 12.1 Å². The largest absolute Gasteiger partial charge is 0.330 e. The molecular weight excluding hydrogens is 345 g/mol. The van der Waals surface area contributed by atoms with Gasteiger partial charge in [-0.2, -0.15) is 5.10 Å². The molecule has 2 aromatic rings.